The molecule has 2 fully saturated rings. The van der Waals surface area contributed by atoms with Gasteiger partial charge in [0, 0.05) is 31.1 Å². The first-order valence-electron chi connectivity index (χ1n) is 7.46. The number of rotatable bonds is 4. The molecule has 21 heavy (non-hydrogen) atoms. The molecule has 1 saturated carbocycles. The number of carbonyl (C=O) groups is 1. The van der Waals surface area contributed by atoms with Crippen LogP contribution in [-0.4, -0.2) is 25.5 Å². The fourth-order valence-electron chi connectivity index (χ4n) is 3.35. The lowest BCUT2D eigenvalue weighted by atomic mass is 9.77. The van der Waals surface area contributed by atoms with Gasteiger partial charge < -0.3 is 10.6 Å². The van der Waals surface area contributed by atoms with Gasteiger partial charge in [0.1, 0.15) is 5.82 Å². The summed E-state index contributed by atoms with van der Waals surface area (Å²) < 4.78 is 14.1. The summed E-state index contributed by atoms with van der Waals surface area (Å²) in [7, 11) is 0. The van der Waals surface area contributed by atoms with E-state index in [1.807, 2.05) is 6.07 Å². The summed E-state index contributed by atoms with van der Waals surface area (Å²) in [6, 6.07) is 6.73. The van der Waals surface area contributed by atoms with Crippen molar-refractivity contribution in [2.75, 3.05) is 19.6 Å². The van der Waals surface area contributed by atoms with Crippen LogP contribution in [0.2, 0.25) is 0 Å². The minimum atomic E-state index is -0.650. The number of benzene rings is 1. The molecular formula is C16H22ClFN2O. The maximum Gasteiger partial charge on any atom is 0.230 e. The van der Waals surface area contributed by atoms with Crippen LogP contribution in [0, 0.1) is 11.7 Å². The number of hydrogen-bond acceptors (Lipinski definition) is 2. The van der Waals surface area contributed by atoms with Gasteiger partial charge in [0.05, 0.1) is 5.41 Å². The summed E-state index contributed by atoms with van der Waals surface area (Å²) in [4.78, 5) is 12.7. The average Bonchev–Trinajstić information content (AvgIpc) is 2.88. The molecule has 0 atom stereocenters. The Morgan fingerprint density at radius 1 is 1.29 bits per heavy atom. The van der Waals surface area contributed by atoms with Gasteiger partial charge in [0.25, 0.3) is 0 Å². The predicted octanol–water partition coefficient (Wildman–Crippen LogP) is 2.39. The predicted molar refractivity (Wildman–Crippen MR) is 83.2 cm³/mol. The second kappa shape index (κ2) is 6.75. The van der Waals surface area contributed by atoms with Crippen molar-refractivity contribution < 1.29 is 9.18 Å². The monoisotopic (exact) mass is 312 g/mol. The molecular weight excluding hydrogens is 291 g/mol. The Morgan fingerprint density at radius 3 is 2.52 bits per heavy atom. The lowest BCUT2D eigenvalue weighted by Gasteiger charge is -2.32. The summed E-state index contributed by atoms with van der Waals surface area (Å²) in [5.74, 6) is 0.278. The molecule has 0 bridgehead atoms. The molecule has 1 aliphatic carbocycles. The normalized spacial score (nSPS) is 20.4. The van der Waals surface area contributed by atoms with Crippen LogP contribution < -0.4 is 10.6 Å². The van der Waals surface area contributed by atoms with Crippen molar-refractivity contribution in [2.45, 2.75) is 31.1 Å². The molecule has 1 saturated heterocycles. The molecule has 2 N–H and O–H groups in total. The zero-order valence-corrected chi connectivity index (χ0v) is 12.8. The first-order chi connectivity index (χ1) is 9.72. The molecule has 0 radical (unpaired) electrons. The van der Waals surface area contributed by atoms with Gasteiger partial charge in [-0.2, -0.15) is 0 Å². The Balaban J connectivity index is 0.00000161. The van der Waals surface area contributed by atoms with Gasteiger partial charge in [-0.15, -0.1) is 12.4 Å². The molecule has 0 unspecified atom stereocenters. The van der Waals surface area contributed by atoms with E-state index in [1.54, 1.807) is 12.1 Å². The third kappa shape index (κ3) is 3.06. The number of amides is 1. The molecule has 5 heteroatoms. The smallest absolute Gasteiger partial charge is 0.230 e. The standard InChI is InChI=1S/C16H21FN2O.ClH/c17-14-6-2-1-5-13(14)16(7-3-4-8-16)15(20)19-11-12-9-18-10-12;/h1-2,5-6,12,18H,3-4,7-11H2,(H,19,20);1H. The Morgan fingerprint density at radius 2 is 1.95 bits per heavy atom. The molecule has 2 aliphatic rings. The van der Waals surface area contributed by atoms with Gasteiger partial charge >= 0.3 is 0 Å². The zero-order chi connectivity index (χ0) is 14.0. The van der Waals surface area contributed by atoms with Crippen molar-refractivity contribution in [3.63, 3.8) is 0 Å². The van der Waals surface area contributed by atoms with Crippen LogP contribution in [0.3, 0.4) is 0 Å². The van der Waals surface area contributed by atoms with E-state index in [-0.39, 0.29) is 24.1 Å². The van der Waals surface area contributed by atoms with E-state index in [2.05, 4.69) is 10.6 Å². The van der Waals surface area contributed by atoms with Crippen molar-refractivity contribution in [3.05, 3.63) is 35.6 Å². The van der Waals surface area contributed by atoms with Crippen molar-refractivity contribution in [1.82, 2.24) is 10.6 Å². The van der Waals surface area contributed by atoms with Crippen LogP contribution in [0.5, 0.6) is 0 Å². The molecule has 116 valence electrons. The molecule has 1 heterocycles. The molecule has 1 aromatic carbocycles. The SMILES string of the molecule is Cl.O=C(NCC1CNC1)C1(c2ccccc2F)CCCC1. The average molecular weight is 313 g/mol. The van der Waals surface area contributed by atoms with E-state index in [9.17, 15) is 9.18 Å². The van der Waals surface area contributed by atoms with Crippen molar-refractivity contribution in [2.24, 2.45) is 5.92 Å². The highest BCUT2D eigenvalue weighted by atomic mass is 35.5. The lowest BCUT2D eigenvalue weighted by Crippen LogP contribution is -2.51. The van der Waals surface area contributed by atoms with E-state index >= 15 is 0 Å². The first-order valence-corrected chi connectivity index (χ1v) is 7.46. The summed E-state index contributed by atoms with van der Waals surface area (Å²) in [6.45, 7) is 2.63. The number of halogens is 2. The summed E-state index contributed by atoms with van der Waals surface area (Å²) in [5.41, 5.74) is -0.0792. The Hall–Kier alpha value is -1.13. The largest absolute Gasteiger partial charge is 0.355 e. The van der Waals surface area contributed by atoms with Crippen LogP contribution in [0.4, 0.5) is 4.39 Å². The summed E-state index contributed by atoms with van der Waals surface area (Å²) >= 11 is 0. The van der Waals surface area contributed by atoms with E-state index < -0.39 is 5.41 Å². The second-order valence-electron chi connectivity index (χ2n) is 6.00. The van der Waals surface area contributed by atoms with Gasteiger partial charge in [-0.05, 0) is 18.9 Å². The number of carbonyl (C=O) groups excluding carboxylic acids is 1. The van der Waals surface area contributed by atoms with Gasteiger partial charge in [0.15, 0.2) is 0 Å². The van der Waals surface area contributed by atoms with Crippen LogP contribution in [0.15, 0.2) is 24.3 Å². The third-order valence-electron chi connectivity index (χ3n) is 4.70. The zero-order valence-electron chi connectivity index (χ0n) is 12.0. The number of hydrogen-bond donors (Lipinski definition) is 2. The maximum absolute atomic E-state index is 14.1. The fourth-order valence-corrected chi connectivity index (χ4v) is 3.35. The molecule has 0 spiro atoms. The first kappa shape index (κ1) is 16.2. The summed E-state index contributed by atoms with van der Waals surface area (Å²) in [6.07, 6.45) is 3.49. The van der Waals surface area contributed by atoms with Crippen molar-refractivity contribution in [1.29, 1.82) is 0 Å². The third-order valence-corrected chi connectivity index (χ3v) is 4.70. The van der Waals surface area contributed by atoms with Crippen molar-refractivity contribution in [3.8, 4) is 0 Å². The van der Waals surface area contributed by atoms with Gasteiger partial charge in [-0.1, -0.05) is 31.0 Å². The van der Waals surface area contributed by atoms with E-state index in [1.165, 1.54) is 6.07 Å². The van der Waals surface area contributed by atoms with E-state index in [0.717, 1.165) is 38.8 Å². The Kier molecular flexibility index (Phi) is 5.22. The van der Waals surface area contributed by atoms with Gasteiger partial charge in [-0.25, -0.2) is 4.39 Å². The van der Waals surface area contributed by atoms with Gasteiger partial charge in [-0.3, -0.25) is 4.79 Å². The molecule has 3 nitrogen and oxygen atoms in total. The van der Waals surface area contributed by atoms with Crippen LogP contribution in [-0.2, 0) is 10.2 Å². The van der Waals surface area contributed by atoms with Gasteiger partial charge in [0.2, 0.25) is 5.91 Å². The maximum atomic E-state index is 14.1. The lowest BCUT2D eigenvalue weighted by molar-refractivity contribution is -0.127. The molecule has 1 aliphatic heterocycles. The topological polar surface area (TPSA) is 41.1 Å². The minimum absolute atomic E-state index is 0. The summed E-state index contributed by atoms with van der Waals surface area (Å²) in [5, 5.41) is 6.24. The van der Waals surface area contributed by atoms with E-state index in [0.29, 0.717) is 18.0 Å². The molecule has 0 aromatic heterocycles. The molecule has 1 aromatic rings. The minimum Gasteiger partial charge on any atom is -0.355 e. The quantitative estimate of drug-likeness (QED) is 0.896. The highest BCUT2D eigenvalue weighted by molar-refractivity contribution is 5.88. The highest BCUT2D eigenvalue weighted by Gasteiger charge is 2.44. The fraction of sp³-hybridized carbons (Fsp3) is 0.562. The molecule has 3 rings (SSSR count). The van der Waals surface area contributed by atoms with Crippen molar-refractivity contribution >= 4 is 18.3 Å². The highest BCUT2D eigenvalue weighted by Crippen LogP contribution is 2.42. The Bertz CT molecular complexity index is 499. The second-order valence-corrected chi connectivity index (χ2v) is 6.00. The van der Waals surface area contributed by atoms with Crippen LogP contribution in [0.1, 0.15) is 31.2 Å². The van der Waals surface area contributed by atoms with Crippen LogP contribution >= 0.6 is 12.4 Å². The van der Waals surface area contributed by atoms with E-state index in [4.69, 9.17) is 0 Å². The molecule has 1 amide bonds. The Labute approximate surface area is 131 Å². The number of nitrogens with one attached hydrogen (secondary N) is 2. The van der Waals surface area contributed by atoms with Crippen LogP contribution in [0.25, 0.3) is 0 Å².